The monoisotopic (exact) mass is 333 g/mol. The van der Waals surface area contributed by atoms with Crippen LogP contribution in [0.4, 0.5) is 0 Å². The fourth-order valence-electron chi connectivity index (χ4n) is 2.07. The lowest BCUT2D eigenvalue weighted by Gasteiger charge is -2.32. The third kappa shape index (κ3) is 3.75. The number of pyridine rings is 1. The van der Waals surface area contributed by atoms with E-state index in [1.165, 1.54) is 18.3 Å². The number of nitro groups is 1. The SMILES string of the molecule is O=[N+]([O-])C1CC(CNS(=O)(=O)c2cccnc2)O[C@@H](O)C1O. The summed E-state index contributed by atoms with van der Waals surface area (Å²) in [6.45, 7) is -0.272. The highest BCUT2D eigenvalue weighted by molar-refractivity contribution is 7.89. The maximum absolute atomic E-state index is 12.0. The predicted octanol–water partition coefficient (Wildman–Crippen LogP) is -1.53. The number of aliphatic hydroxyl groups is 2. The topological polar surface area (TPSA) is 152 Å². The lowest BCUT2D eigenvalue weighted by Crippen LogP contribution is -2.53. The molecule has 0 spiro atoms. The minimum Gasteiger partial charge on any atom is -0.381 e. The van der Waals surface area contributed by atoms with Crippen molar-refractivity contribution in [1.82, 2.24) is 9.71 Å². The highest BCUT2D eigenvalue weighted by atomic mass is 32.2. The second-order valence-electron chi connectivity index (χ2n) is 4.77. The Kier molecular flexibility index (Phi) is 5.03. The number of hydrogen-bond acceptors (Lipinski definition) is 8. The molecule has 4 atom stereocenters. The number of aliphatic hydroxyl groups excluding tert-OH is 2. The summed E-state index contributed by atoms with van der Waals surface area (Å²) in [6.07, 6.45) is -1.97. The molecule has 122 valence electrons. The number of nitrogens with one attached hydrogen (secondary N) is 1. The van der Waals surface area contributed by atoms with Crippen molar-refractivity contribution in [2.24, 2.45) is 0 Å². The molecular weight excluding hydrogens is 318 g/mol. The molecule has 0 aromatic carbocycles. The van der Waals surface area contributed by atoms with E-state index in [1.807, 2.05) is 0 Å². The van der Waals surface area contributed by atoms with E-state index in [2.05, 4.69) is 9.71 Å². The first-order valence-corrected chi connectivity index (χ1v) is 7.84. The van der Waals surface area contributed by atoms with Crippen molar-refractivity contribution in [1.29, 1.82) is 0 Å². The average molecular weight is 333 g/mol. The van der Waals surface area contributed by atoms with Crippen molar-refractivity contribution in [3.8, 4) is 0 Å². The first-order valence-electron chi connectivity index (χ1n) is 6.36. The maximum Gasteiger partial charge on any atom is 0.246 e. The van der Waals surface area contributed by atoms with Crippen LogP contribution >= 0.6 is 0 Å². The zero-order valence-corrected chi connectivity index (χ0v) is 12.1. The van der Waals surface area contributed by atoms with Gasteiger partial charge in [0.15, 0.2) is 12.4 Å². The summed E-state index contributed by atoms with van der Waals surface area (Å²) in [5.74, 6) is 0. The van der Waals surface area contributed by atoms with Crippen LogP contribution in [0.2, 0.25) is 0 Å². The van der Waals surface area contributed by atoms with Crippen molar-refractivity contribution >= 4 is 10.0 Å². The maximum atomic E-state index is 12.0. The van der Waals surface area contributed by atoms with Crippen LogP contribution in [-0.4, -0.2) is 59.6 Å². The molecule has 1 aliphatic rings. The Balaban J connectivity index is 2.01. The van der Waals surface area contributed by atoms with Gasteiger partial charge in [-0.3, -0.25) is 15.1 Å². The molecule has 22 heavy (non-hydrogen) atoms. The summed E-state index contributed by atoms with van der Waals surface area (Å²) < 4.78 is 31.2. The molecule has 10 nitrogen and oxygen atoms in total. The van der Waals surface area contributed by atoms with E-state index < -0.39 is 39.5 Å². The van der Waals surface area contributed by atoms with Crippen molar-refractivity contribution < 1.29 is 28.3 Å². The molecule has 0 aliphatic carbocycles. The minimum atomic E-state index is -3.83. The highest BCUT2D eigenvalue weighted by Gasteiger charge is 2.44. The zero-order chi connectivity index (χ0) is 16.3. The van der Waals surface area contributed by atoms with Crippen LogP contribution in [0.3, 0.4) is 0 Å². The van der Waals surface area contributed by atoms with Gasteiger partial charge in [-0.05, 0) is 12.1 Å². The minimum absolute atomic E-state index is 0.0581. The number of nitrogens with zero attached hydrogens (tertiary/aromatic N) is 2. The number of rotatable bonds is 5. The van der Waals surface area contributed by atoms with E-state index in [9.17, 15) is 28.7 Å². The largest absolute Gasteiger partial charge is 0.381 e. The number of sulfonamides is 1. The standard InChI is InChI=1S/C11H15N3O7S/c15-10-9(14(17)18)4-7(21-11(10)16)5-13-22(19,20)8-2-1-3-12-6-8/h1-3,6-7,9-11,13,15-16H,4-5H2/t7?,9?,10?,11-/m1/s1. The second kappa shape index (κ2) is 6.62. The predicted molar refractivity (Wildman–Crippen MR) is 71.7 cm³/mol. The molecule has 2 rings (SSSR count). The van der Waals surface area contributed by atoms with Crippen LogP contribution in [-0.2, 0) is 14.8 Å². The molecular formula is C11H15N3O7S. The third-order valence-corrected chi connectivity index (χ3v) is 4.65. The van der Waals surface area contributed by atoms with Crippen molar-refractivity contribution in [3.63, 3.8) is 0 Å². The van der Waals surface area contributed by atoms with E-state index >= 15 is 0 Å². The van der Waals surface area contributed by atoms with E-state index in [0.29, 0.717) is 0 Å². The third-order valence-electron chi connectivity index (χ3n) is 3.24. The van der Waals surface area contributed by atoms with Gasteiger partial charge in [-0.2, -0.15) is 0 Å². The molecule has 3 unspecified atom stereocenters. The van der Waals surface area contributed by atoms with Crippen LogP contribution in [0.15, 0.2) is 29.4 Å². The van der Waals surface area contributed by atoms with E-state index in [1.54, 1.807) is 0 Å². The molecule has 0 amide bonds. The van der Waals surface area contributed by atoms with Gasteiger partial charge in [0, 0.05) is 30.3 Å². The molecule has 2 heterocycles. The normalized spacial score (nSPS) is 29.2. The molecule has 0 bridgehead atoms. The first kappa shape index (κ1) is 16.7. The zero-order valence-electron chi connectivity index (χ0n) is 11.3. The summed E-state index contributed by atoms with van der Waals surface area (Å²) in [7, 11) is -3.83. The number of hydrogen-bond donors (Lipinski definition) is 3. The summed E-state index contributed by atoms with van der Waals surface area (Å²) in [4.78, 5) is 13.7. The Hall–Kier alpha value is -1.66. The van der Waals surface area contributed by atoms with Crippen LogP contribution in [0.1, 0.15) is 6.42 Å². The van der Waals surface area contributed by atoms with Crippen molar-refractivity contribution in [3.05, 3.63) is 34.6 Å². The summed E-state index contributed by atoms with van der Waals surface area (Å²) in [5.41, 5.74) is 0. The van der Waals surface area contributed by atoms with Gasteiger partial charge in [0.1, 0.15) is 4.90 Å². The lowest BCUT2D eigenvalue weighted by atomic mass is 10.0. The second-order valence-corrected chi connectivity index (χ2v) is 6.54. The van der Waals surface area contributed by atoms with Gasteiger partial charge < -0.3 is 14.9 Å². The van der Waals surface area contributed by atoms with Gasteiger partial charge in [-0.15, -0.1) is 0 Å². The quantitative estimate of drug-likeness (QED) is 0.433. The van der Waals surface area contributed by atoms with E-state index in [4.69, 9.17) is 4.74 Å². The highest BCUT2D eigenvalue weighted by Crippen LogP contribution is 2.21. The van der Waals surface area contributed by atoms with Crippen LogP contribution in [0, 0.1) is 10.1 Å². The van der Waals surface area contributed by atoms with Crippen LogP contribution in [0.5, 0.6) is 0 Å². The summed E-state index contributed by atoms with van der Waals surface area (Å²) in [5, 5.41) is 29.7. The Morgan fingerprint density at radius 1 is 1.50 bits per heavy atom. The molecule has 1 aliphatic heterocycles. The molecule has 1 aromatic heterocycles. The fraction of sp³-hybridized carbons (Fsp3) is 0.545. The smallest absolute Gasteiger partial charge is 0.246 e. The molecule has 0 radical (unpaired) electrons. The van der Waals surface area contributed by atoms with Crippen LogP contribution in [0.25, 0.3) is 0 Å². The first-order chi connectivity index (χ1) is 10.3. The molecule has 1 saturated heterocycles. The molecule has 11 heteroatoms. The van der Waals surface area contributed by atoms with E-state index in [0.717, 1.165) is 6.20 Å². The summed E-state index contributed by atoms with van der Waals surface area (Å²) in [6, 6.07) is 1.38. The molecule has 1 aromatic rings. The van der Waals surface area contributed by atoms with Gasteiger partial charge in [0.25, 0.3) is 0 Å². The Morgan fingerprint density at radius 2 is 2.23 bits per heavy atom. The van der Waals surface area contributed by atoms with Gasteiger partial charge in [-0.25, -0.2) is 13.1 Å². The molecule has 1 fully saturated rings. The van der Waals surface area contributed by atoms with Crippen molar-refractivity contribution in [2.45, 2.75) is 35.9 Å². The van der Waals surface area contributed by atoms with Gasteiger partial charge in [-0.1, -0.05) is 0 Å². The number of aromatic nitrogens is 1. The Bertz CT molecular complexity index is 624. The molecule has 0 saturated carbocycles. The van der Waals surface area contributed by atoms with Crippen LogP contribution < -0.4 is 4.72 Å². The van der Waals surface area contributed by atoms with Gasteiger partial charge in [0.05, 0.1) is 6.10 Å². The fourth-order valence-corrected chi connectivity index (χ4v) is 3.10. The Labute approximate surface area is 126 Å². The van der Waals surface area contributed by atoms with Gasteiger partial charge in [0.2, 0.25) is 16.1 Å². The van der Waals surface area contributed by atoms with E-state index in [-0.39, 0.29) is 17.9 Å². The lowest BCUT2D eigenvalue weighted by molar-refractivity contribution is -0.550. The van der Waals surface area contributed by atoms with Crippen molar-refractivity contribution in [2.75, 3.05) is 6.54 Å². The Morgan fingerprint density at radius 3 is 2.82 bits per heavy atom. The average Bonchev–Trinajstić information content (AvgIpc) is 2.49. The number of ether oxygens (including phenoxy) is 1. The van der Waals surface area contributed by atoms with Gasteiger partial charge >= 0.3 is 0 Å². The summed E-state index contributed by atoms with van der Waals surface area (Å²) >= 11 is 0. The molecule has 3 N–H and O–H groups in total.